The molecule has 0 radical (unpaired) electrons. The topological polar surface area (TPSA) is 69.4 Å². The van der Waals surface area contributed by atoms with Crippen LogP contribution in [0.3, 0.4) is 0 Å². The molecule has 0 aromatic heterocycles. The van der Waals surface area contributed by atoms with Crippen molar-refractivity contribution >= 4 is 34.7 Å². The quantitative estimate of drug-likeness (QED) is 0.253. The largest absolute Gasteiger partial charge is 0.487 e. The van der Waals surface area contributed by atoms with E-state index in [9.17, 15) is 14.9 Å². The van der Waals surface area contributed by atoms with E-state index in [2.05, 4.69) is 0 Å². The lowest BCUT2D eigenvalue weighted by molar-refractivity contribution is -0.385. The van der Waals surface area contributed by atoms with E-state index >= 15 is 0 Å². The molecule has 1 rings (SSSR count). The second kappa shape index (κ2) is 7.31. The number of rotatable bonds is 7. The minimum Gasteiger partial charge on any atom is -0.487 e. The van der Waals surface area contributed by atoms with E-state index in [0.717, 1.165) is 18.9 Å². The lowest BCUT2D eigenvalue weighted by Crippen LogP contribution is -2.09. The second-order valence-corrected chi connectivity index (χ2v) is 4.90. The molecule has 0 saturated carbocycles. The van der Waals surface area contributed by atoms with Gasteiger partial charge in [-0.25, -0.2) is 0 Å². The summed E-state index contributed by atoms with van der Waals surface area (Å²) in [6, 6.07) is 3.92. The summed E-state index contributed by atoms with van der Waals surface area (Å²) in [7, 11) is 0. The van der Waals surface area contributed by atoms with Gasteiger partial charge in [-0.15, -0.1) is 0 Å². The first kappa shape index (κ1) is 15.7. The molecule has 19 heavy (non-hydrogen) atoms. The molecule has 0 bridgehead atoms. The SMILES string of the molecule is CCCCOc1ccc(C(=O)C(Cl)Cl)cc1[N+](=O)[O-]. The summed E-state index contributed by atoms with van der Waals surface area (Å²) in [5.41, 5.74) is -0.180. The van der Waals surface area contributed by atoms with E-state index in [1.54, 1.807) is 0 Å². The highest BCUT2D eigenvalue weighted by atomic mass is 35.5. The number of benzene rings is 1. The zero-order valence-electron chi connectivity index (χ0n) is 10.3. The molecule has 1 aromatic rings. The number of nitrogens with zero attached hydrogens (tertiary/aromatic N) is 1. The number of nitro benzene ring substituents is 1. The first-order valence-corrected chi connectivity index (χ1v) is 6.58. The van der Waals surface area contributed by atoms with E-state index in [1.165, 1.54) is 12.1 Å². The van der Waals surface area contributed by atoms with E-state index in [4.69, 9.17) is 27.9 Å². The molecule has 104 valence electrons. The fourth-order valence-corrected chi connectivity index (χ4v) is 1.64. The maximum atomic E-state index is 11.6. The van der Waals surface area contributed by atoms with Crippen molar-refractivity contribution in [2.24, 2.45) is 0 Å². The second-order valence-electron chi connectivity index (χ2n) is 3.81. The zero-order chi connectivity index (χ0) is 14.4. The van der Waals surface area contributed by atoms with Gasteiger partial charge in [0, 0.05) is 11.6 Å². The zero-order valence-corrected chi connectivity index (χ0v) is 11.8. The van der Waals surface area contributed by atoms with Crippen LogP contribution in [0.2, 0.25) is 0 Å². The van der Waals surface area contributed by atoms with Gasteiger partial charge < -0.3 is 4.74 Å². The number of carbonyl (C=O) groups excluding carboxylic acids is 1. The lowest BCUT2D eigenvalue weighted by Gasteiger charge is -2.07. The van der Waals surface area contributed by atoms with Gasteiger partial charge in [-0.2, -0.15) is 0 Å². The number of nitro groups is 1. The average molecular weight is 306 g/mol. The average Bonchev–Trinajstić information content (AvgIpc) is 2.38. The predicted octanol–water partition coefficient (Wildman–Crippen LogP) is 3.76. The molecule has 0 N–H and O–H groups in total. The lowest BCUT2D eigenvalue weighted by atomic mass is 10.1. The van der Waals surface area contributed by atoms with Crippen molar-refractivity contribution in [1.82, 2.24) is 0 Å². The number of carbonyl (C=O) groups is 1. The summed E-state index contributed by atoms with van der Waals surface area (Å²) >= 11 is 10.9. The van der Waals surface area contributed by atoms with Crippen LogP contribution < -0.4 is 4.74 Å². The molecule has 0 fully saturated rings. The summed E-state index contributed by atoms with van der Waals surface area (Å²) in [4.78, 5) is 20.7. The van der Waals surface area contributed by atoms with Crippen LogP contribution in [-0.2, 0) is 0 Å². The van der Waals surface area contributed by atoms with Gasteiger partial charge >= 0.3 is 5.69 Å². The molecule has 0 heterocycles. The summed E-state index contributed by atoms with van der Waals surface area (Å²) in [6.45, 7) is 2.37. The van der Waals surface area contributed by atoms with Crippen LogP contribution in [0.15, 0.2) is 18.2 Å². The Hall–Kier alpha value is -1.33. The van der Waals surface area contributed by atoms with Crippen LogP contribution in [0.1, 0.15) is 30.1 Å². The number of ether oxygens (including phenoxy) is 1. The summed E-state index contributed by atoms with van der Waals surface area (Å²) in [6.07, 6.45) is 1.72. The Morgan fingerprint density at radius 3 is 2.68 bits per heavy atom. The van der Waals surface area contributed by atoms with Crippen molar-refractivity contribution in [3.8, 4) is 5.75 Å². The van der Waals surface area contributed by atoms with Gasteiger partial charge in [-0.05, 0) is 18.6 Å². The Labute approximate surface area is 120 Å². The number of ketones is 1. The first-order valence-electron chi connectivity index (χ1n) is 5.71. The normalized spacial score (nSPS) is 10.5. The molecule has 0 spiro atoms. The third-order valence-electron chi connectivity index (χ3n) is 2.39. The maximum Gasteiger partial charge on any atom is 0.311 e. The van der Waals surface area contributed by atoms with Crippen molar-refractivity contribution in [1.29, 1.82) is 0 Å². The van der Waals surface area contributed by atoms with Crippen LogP contribution >= 0.6 is 23.2 Å². The van der Waals surface area contributed by atoms with Gasteiger partial charge in [0.2, 0.25) is 0 Å². The highest BCUT2D eigenvalue weighted by Gasteiger charge is 2.21. The van der Waals surface area contributed by atoms with E-state index in [-0.39, 0.29) is 17.0 Å². The molecule has 1 aromatic carbocycles. The fourth-order valence-electron chi connectivity index (χ4n) is 1.39. The molecule has 0 atom stereocenters. The van der Waals surface area contributed by atoms with Crippen molar-refractivity contribution in [2.75, 3.05) is 6.61 Å². The Kier molecular flexibility index (Phi) is 6.05. The Balaban J connectivity index is 3.01. The summed E-state index contributed by atoms with van der Waals surface area (Å²) in [5, 5.41) is 10.9. The van der Waals surface area contributed by atoms with Crippen molar-refractivity contribution < 1.29 is 14.5 Å². The smallest absolute Gasteiger partial charge is 0.311 e. The molecule has 0 unspecified atom stereocenters. The van der Waals surface area contributed by atoms with Crippen molar-refractivity contribution in [3.05, 3.63) is 33.9 Å². The summed E-state index contributed by atoms with van der Waals surface area (Å²) in [5.74, 6) is -0.442. The first-order chi connectivity index (χ1) is 8.97. The van der Waals surface area contributed by atoms with Gasteiger partial charge in [0.05, 0.1) is 11.5 Å². The molecule has 0 aliphatic heterocycles. The number of unbranched alkanes of at least 4 members (excludes halogenated alkanes) is 1. The number of alkyl halides is 2. The van der Waals surface area contributed by atoms with Gasteiger partial charge in [0.15, 0.2) is 16.4 Å². The standard InChI is InChI=1S/C12H13Cl2NO4/c1-2-3-6-19-10-5-4-8(11(16)12(13)14)7-9(10)15(17)18/h4-5,7,12H,2-3,6H2,1H3. The Bertz CT molecular complexity index is 477. The highest BCUT2D eigenvalue weighted by molar-refractivity contribution is 6.55. The van der Waals surface area contributed by atoms with Crippen molar-refractivity contribution in [3.63, 3.8) is 0 Å². The molecular weight excluding hydrogens is 293 g/mol. The monoisotopic (exact) mass is 305 g/mol. The maximum absolute atomic E-state index is 11.6. The van der Waals surface area contributed by atoms with Gasteiger partial charge in [-0.3, -0.25) is 14.9 Å². The third-order valence-corrected chi connectivity index (χ3v) is 2.79. The van der Waals surface area contributed by atoms with Crippen LogP contribution in [-0.4, -0.2) is 22.1 Å². The van der Waals surface area contributed by atoms with E-state index < -0.39 is 15.5 Å². The Morgan fingerprint density at radius 2 is 2.16 bits per heavy atom. The van der Waals surface area contributed by atoms with Crippen LogP contribution in [0.4, 0.5) is 5.69 Å². The van der Waals surface area contributed by atoms with Crippen LogP contribution in [0, 0.1) is 10.1 Å². The Morgan fingerprint density at radius 1 is 1.47 bits per heavy atom. The molecule has 0 saturated heterocycles. The molecule has 7 heteroatoms. The van der Waals surface area contributed by atoms with E-state index in [0.29, 0.717) is 6.61 Å². The molecule has 0 aliphatic carbocycles. The number of Topliss-reactive ketones (excluding diaryl/α,β-unsaturated/α-hetero) is 1. The molecule has 0 aliphatic rings. The highest BCUT2D eigenvalue weighted by Crippen LogP contribution is 2.29. The fraction of sp³-hybridized carbons (Fsp3) is 0.417. The van der Waals surface area contributed by atoms with Crippen molar-refractivity contribution in [2.45, 2.75) is 24.6 Å². The van der Waals surface area contributed by atoms with Crippen LogP contribution in [0.5, 0.6) is 5.75 Å². The third kappa shape index (κ3) is 4.36. The minimum atomic E-state index is -1.24. The number of halogens is 2. The van der Waals surface area contributed by atoms with E-state index in [1.807, 2.05) is 6.92 Å². The summed E-state index contributed by atoms with van der Waals surface area (Å²) < 4.78 is 5.32. The van der Waals surface area contributed by atoms with Gasteiger partial charge in [-0.1, -0.05) is 36.5 Å². The molecule has 0 amide bonds. The molecular formula is C12H13Cl2NO4. The predicted molar refractivity (Wildman–Crippen MR) is 73.3 cm³/mol. The number of hydrogen-bond acceptors (Lipinski definition) is 4. The van der Waals surface area contributed by atoms with Gasteiger partial charge in [0.1, 0.15) is 0 Å². The van der Waals surface area contributed by atoms with Crippen LogP contribution in [0.25, 0.3) is 0 Å². The number of hydrogen-bond donors (Lipinski definition) is 0. The minimum absolute atomic E-state index is 0.0875. The van der Waals surface area contributed by atoms with Gasteiger partial charge in [0.25, 0.3) is 0 Å². The molecule has 5 nitrogen and oxygen atoms in total.